The summed E-state index contributed by atoms with van der Waals surface area (Å²) in [6.07, 6.45) is 2.05. The van der Waals surface area contributed by atoms with Crippen molar-refractivity contribution in [3.05, 3.63) is 98.7 Å². The quantitative estimate of drug-likeness (QED) is 0.331. The van der Waals surface area contributed by atoms with Gasteiger partial charge in [-0.15, -0.1) is 0 Å². The summed E-state index contributed by atoms with van der Waals surface area (Å²) < 4.78 is 18.7. The van der Waals surface area contributed by atoms with E-state index in [4.69, 9.17) is 4.98 Å². The number of allylic oxidation sites excluding steroid dienone is 1. The first-order chi connectivity index (χ1) is 13.6. The lowest BCUT2D eigenvalue weighted by Crippen LogP contribution is -2.20. The smallest absolute Gasteiger partial charge is 0.209 e. The molecule has 6 heteroatoms. The number of imidazole rings is 1. The average molecular weight is 499 g/mol. The number of rotatable bonds is 2. The Hall–Kier alpha value is -2.44. The largest absolute Gasteiger partial charge is 0.325 e. The zero-order valence-electron chi connectivity index (χ0n) is 14.5. The van der Waals surface area contributed by atoms with Gasteiger partial charge in [0.05, 0.1) is 17.1 Å². The van der Waals surface area contributed by atoms with Crippen LogP contribution in [-0.2, 0) is 0 Å². The van der Waals surface area contributed by atoms with Crippen molar-refractivity contribution in [1.29, 1.82) is 0 Å². The summed E-state index contributed by atoms with van der Waals surface area (Å²) in [5.41, 5.74) is 4.34. The van der Waals surface area contributed by atoms with Crippen molar-refractivity contribution < 1.29 is 4.39 Å². The van der Waals surface area contributed by atoms with Crippen LogP contribution < -0.4 is 5.32 Å². The first kappa shape index (κ1) is 17.6. The Kier molecular flexibility index (Phi) is 4.33. The second-order valence-corrected chi connectivity index (χ2v) is 8.45. The molecule has 4 aromatic rings. The number of fused-ring (bicyclic) bond motifs is 3. The Morgan fingerprint density at radius 3 is 2.50 bits per heavy atom. The van der Waals surface area contributed by atoms with E-state index in [0.29, 0.717) is 11.5 Å². The fourth-order valence-electron chi connectivity index (χ4n) is 3.58. The van der Waals surface area contributed by atoms with Crippen LogP contribution in [0.2, 0.25) is 0 Å². The minimum atomic E-state index is -0.320. The van der Waals surface area contributed by atoms with Gasteiger partial charge in [-0.3, -0.25) is 4.57 Å². The number of anilines is 1. The van der Waals surface area contributed by atoms with Gasteiger partial charge in [0.15, 0.2) is 0 Å². The first-order valence-corrected chi connectivity index (χ1v) is 10.4. The molecule has 3 nitrogen and oxygen atoms in total. The van der Waals surface area contributed by atoms with Gasteiger partial charge in [-0.25, -0.2) is 9.37 Å². The molecule has 0 saturated carbocycles. The van der Waals surface area contributed by atoms with Crippen LogP contribution in [0.5, 0.6) is 0 Å². The summed E-state index contributed by atoms with van der Waals surface area (Å²) in [5, 5.41) is 3.42. The highest BCUT2D eigenvalue weighted by Crippen LogP contribution is 2.38. The Morgan fingerprint density at radius 1 is 0.929 bits per heavy atom. The van der Waals surface area contributed by atoms with E-state index < -0.39 is 0 Å². The zero-order valence-corrected chi connectivity index (χ0v) is 17.7. The molecule has 1 atom stereocenters. The van der Waals surface area contributed by atoms with Crippen LogP contribution >= 0.6 is 31.9 Å². The SMILES string of the molecule is Fc1ccc(Br)cc1C1C=C(c2ccc(Br)cc2)Nc2nc3ccccc3n21. The van der Waals surface area contributed by atoms with Crippen LogP contribution in [0.1, 0.15) is 17.2 Å². The molecule has 1 unspecified atom stereocenters. The molecule has 5 rings (SSSR count). The van der Waals surface area contributed by atoms with Gasteiger partial charge in [-0.2, -0.15) is 0 Å². The highest BCUT2D eigenvalue weighted by Gasteiger charge is 2.27. The van der Waals surface area contributed by atoms with Gasteiger partial charge in [0.25, 0.3) is 0 Å². The standard InChI is InChI=1S/C22H14Br2FN3/c23-14-7-5-13(6-8-14)19-12-21(16-11-15(24)9-10-17(16)25)28-20-4-2-1-3-18(20)26-22(28)27-19/h1-12,21H,(H,26,27). The lowest BCUT2D eigenvalue weighted by atomic mass is 10.0. The van der Waals surface area contributed by atoms with E-state index in [1.165, 1.54) is 6.07 Å². The van der Waals surface area contributed by atoms with E-state index in [0.717, 1.165) is 31.2 Å². The summed E-state index contributed by atoms with van der Waals surface area (Å²) in [4.78, 5) is 4.74. The van der Waals surface area contributed by atoms with Gasteiger partial charge < -0.3 is 5.32 Å². The highest BCUT2D eigenvalue weighted by atomic mass is 79.9. The minimum Gasteiger partial charge on any atom is -0.325 e. The lowest BCUT2D eigenvalue weighted by molar-refractivity contribution is 0.583. The van der Waals surface area contributed by atoms with E-state index in [1.54, 1.807) is 6.07 Å². The van der Waals surface area contributed by atoms with Crippen molar-refractivity contribution >= 4 is 54.5 Å². The third kappa shape index (κ3) is 2.97. The van der Waals surface area contributed by atoms with Crippen LogP contribution in [0.25, 0.3) is 16.7 Å². The highest BCUT2D eigenvalue weighted by molar-refractivity contribution is 9.10. The van der Waals surface area contributed by atoms with Crippen molar-refractivity contribution in [3.8, 4) is 0 Å². The predicted molar refractivity (Wildman–Crippen MR) is 118 cm³/mol. The maximum absolute atomic E-state index is 14.8. The molecule has 2 heterocycles. The van der Waals surface area contributed by atoms with Gasteiger partial charge >= 0.3 is 0 Å². The van der Waals surface area contributed by atoms with Gasteiger partial charge in [-0.1, -0.05) is 56.1 Å². The molecule has 28 heavy (non-hydrogen) atoms. The summed E-state index contributed by atoms with van der Waals surface area (Å²) in [5.74, 6) is 0.455. The molecule has 1 N–H and O–H groups in total. The lowest BCUT2D eigenvalue weighted by Gasteiger charge is -2.27. The minimum absolute atomic E-state index is 0.245. The van der Waals surface area contributed by atoms with Crippen molar-refractivity contribution in [1.82, 2.24) is 9.55 Å². The summed E-state index contributed by atoms with van der Waals surface area (Å²) in [6.45, 7) is 0. The molecule has 0 saturated heterocycles. The zero-order chi connectivity index (χ0) is 19.3. The molecule has 0 spiro atoms. The molecule has 1 aliphatic rings. The molecule has 0 fully saturated rings. The van der Waals surface area contributed by atoms with Crippen LogP contribution in [0, 0.1) is 5.82 Å². The molecule has 0 amide bonds. The topological polar surface area (TPSA) is 29.9 Å². The molecule has 0 radical (unpaired) electrons. The molecule has 0 bridgehead atoms. The monoisotopic (exact) mass is 497 g/mol. The first-order valence-electron chi connectivity index (χ1n) is 8.77. The number of para-hydroxylation sites is 2. The molecule has 0 aliphatic carbocycles. The van der Waals surface area contributed by atoms with E-state index in [-0.39, 0.29) is 11.9 Å². The van der Waals surface area contributed by atoms with Crippen LogP contribution in [0.15, 0.2) is 81.8 Å². The maximum Gasteiger partial charge on any atom is 0.209 e. The molecular formula is C22H14Br2FN3. The molecule has 1 aromatic heterocycles. The number of hydrogen-bond acceptors (Lipinski definition) is 2. The predicted octanol–water partition coefficient (Wildman–Crippen LogP) is 6.76. The fourth-order valence-corrected chi connectivity index (χ4v) is 4.22. The number of halogens is 3. The van der Waals surface area contributed by atoms with Gasteiger partial charge in [-0.05, 0) is 54.1 Å². The van der Waals surface area contributed by atoms with Gasteiger partial charge in [0, 0.05) is 20.2 Å². The van der Waals surface area contributed by atoms with Crippen molar-refractivity contribution in [2.24, 2.45) is 0 Å². The summed E-state index contributed by atoms with van der Waals surface area (Å²) in [7, 11) is 0. The third-order valence-electron chi connectivity index (χ3n) is 4.88. The van der Waals surface area contributed by atoms with Crippen LogP contribution in [0.3, 0.4) is 0 Å². The van der Waals surface area contributed by atoms with Crippen molar-refractivity contribution in [2.45, 2.75) is 6.04 Å². The van der Waals surface area contributed by atoms with Gasteiger partial charge in [0.1, 0.15) is 5.82 Å². The Balaban J connectivity index is 1.75. The van der Waals surface area contributed by atoms with Crippen LogP contribution in [-0.4, -0.2) is 9.55 Å². The number of hydrogen-bond donors (Lipinski definition) is 1. The maximum atomic E-state index is 14.8. The Bertz CT molecular complexity index is 1230. The Morgan fingerprint density at radius 2 is 1.68 bits per heavy atom. The number of aromatic nitrogens is 2. The van der Waals surface area contributed by atoms with E-state index in [2.05, 4.69) is 43.3 Å². The molecular weight excluding hydrogens is 485 g/mol. The van der Waals surface area contributed by atoms with Crippen molar-refractivity contribution in [2.75, 3.05) is 5.32 Å². The molecule has 1 aliphatic heterocycles. The summed E-state index contributed by atoms with van der Waals surface area (Å²) >= 11 is 6.95. The second-order valence-electron chi connectivity index (χ2n) is 6.62. The average Bonchev–Trinajstić information content (AvgIpc) is 3.08. The summed E-state index contributed by atoms with van der Waals surface area (Å²) in [6, 6.07) is 20.7. The fraction of sp³-hybridized carbons (Fsp3) is 0.0455. The number of benzene rings is 3. The van der Waals surface area contributed by atoms with Crippen LogP contribution in [0.4, 0.5) is 10.3 Å². The Labute approximate surface area is 178 Å². The van der Waals surface area contributed by atoms with E-state index in [9.17, 15) is 4.39 Å². The third-order valence-corrected chi connectivity index (χ3v) is 5.90. The second kappa shape index (κ2) is 6.87. The number of nitrogens with zero attached hydrogens (tertiary/aromatic N) is 2. The van der Waals surface area contributed by atoms with Gasteiger partial charge in [0.2, 0.25) is 5.95 Å². The molecule has 138 valence electrons. The number of nitrogens with one attached hydrogen (secondary N) is 1. The van der Waals surface area contributed by atoms with Crippen molar-refractivity contribution in [3.63, 3.8) is 0 Å². The van der Waals surface area contributed by atoms with E-state index in [1.807, 2.05) is 59.2 Å². The van der Waals surface area contributed by atoms with E-state index >= 15 is 0 Å². The molecule has 3 aromatic carbocycles. The normalized spacial score (nSPS) is 15.8.